The lowest BCUT2D eigenvalue weighted by atomic mass is 10.2. The monoisotopic (exact) mass is 335 g/mol. The Labute approximate surface area is 124 Å². The Kier molecular flexibility index (Phi) is 5.00. The average Bonchev–Trinajstić information content (AvgIpc) is 2.35. The van der Waals surface area contributed by atoms with Gasteiger partial charge in [0.1, 0.15) is 6.04 Å². The number of benzene rings is 1. The minimum absolute atomic E-state index is 0.112. The number of carbonyl (C=O) groups is 1. The molecule has 9 heteroatoms. The number of esters is 1. The molecule has 0 fully saturated rings. The van der Waals surface area contributed by atoms with Crippen molar-refractivity contribution in [3.63, 3.8) is 0 Å². The van der Waals surface area contributed by atoms with E-state index in [1.54, 1.807) is 0 Å². The first kappa shape index (κ1) is 17.4. The molecule has 0 aliphatic rings. The van der Waals surface area contributed by atoms with E-state index in [4.69, 9.17) is 0 Å². The van der Waals surface area contributed by atoms with Gasteiger partial charge in [0.05, 0.1) is 22.6 Å². The van der Waals surface area contributed by atoms with Crippen molar-refractivity contribution in [2.45, 2.75) is 22.8 Å². The van der Waals surface area contributed by atoms with Crippen molar-refractivity contribution < 1.29 is 26.4 Å². The molecule has 21 heavy (non-hydrogen) atoms. The summed E-state index contributed by atoms with van der Waals surface area (Å²) in [6.45, 7) is 1.50. The Hall–Kier alpha value is -1.61. The normalized spacial score (nSPS) is 13.5. The van der Waals surface area contributed by atoms with Crippen molar-refractivity contribution in [3.8, 4) is 0 Å². The number of hydrogen-bond acceptors (Lipinski definition) is 7. The fourth-order valence-electron chi connectivity index (χ4n) is 1.63. The third-order valence-electron chi connectivity index (χ3n) is 2.71. The van der Waals surface area contributed by atoms with Crippen LogP contribution >= 0.6 is 0 Å². The van der Waals surface area contributed by atoms with Gasteiger partial charge in [-0.2, -0.15) is 0 Å². The first-order chi connectivity index (χ1) is 9.46. The van der Waals surface area contributed by atoms with Crippen LogP contribution in [0.25, 0.3) is 0 Å². The summed E-state index contributed by atoms with van der Waals surface area (Å²) in [5.74, 6) is -0.568. The molecule has 0 amide bonds. The largest absolute Gasteiger partial charge is 0.467 e. The first-order valence-electron chi connectivity index (χ1n) is 5.85. The zero-order chi connectivity index (χ0) is 16.4. The molecule has 0 heterocycles. The molecule has 1 rings (SSSR count). The minimum atomic E-state index is -3.67. The maximum Gasteiger partial charge on any atom is 0.327 e. The Balaban J connectivity index is 3.37. The van der Waals surface area contributed by atoms with Crippen molar-refractivity contribution in [2.75, 3.05) is 24.9 Å². The fraction of sp³-hybridized carbons (Fsp3) is 0.417. The Morgan fingerprint density at radius 1 is 1.14 bits per heavy atom. The highest BCUT2D eigenvalue weighted by Crippen LogP contribution is 2.25. The zero-order valence-electron chi connectivity index (χ0n) is 12.1. The predicted molar refractivity (Wildman–Crippen MR) is 77.8 cm³/mol. The number of ether oxygens (including phenoxy) is 1. The Bertz CT molecular complexity index is 752. The van der Waals surface area contributed by atoms with Gasteiger partial charge >= 0.3 is 5.97 Å². The van der Waals surface area contributed by atoms with Crippen molar-refractivity contribution in [2.24, 2.45) is 0 Å². The summed E-state index contributed by atoms with van der Waals surface area (Å²) in [6.07, 6.45) is 1.95. The molecule has 0 aromatic heterocycles. The number of rotatable bonds is 5. The van der Waals surface area contributed by atoms with Gasteiger partial charge in [-0.3, -0.25) is 0 Å². The van der Waals surface area contributed by atoms with Crippen LogP contribution in [0.15, 0.2) is 28.0 Å². The molecule has 1 aromatic rings. The lowest BCUT2D eigenvalue weighted by Crippen LogP contribution is -2.28. The summed E-state index contributed by atoms with van der Waals surface area (Å²) in [4.78, 5) is 11.1. The van der Waals surface area contributed by atoms with E-state index in [2.05, 4.69) is 10.1 Å². The van der Waals surface area contributed by atoms with Crippen molar-refractivity contribution in [1.29, 1.82) is 0 Å². The molecule has 0 radical (unpaired) electrons. The summed E-state index contributed by atoms with van der Waals surface area (Å²) >= 11 is 0. The highest BCUT2D eigenvalue weighted by atomic mass is 32.2. The van der Waals surface area contributed by atoms with Crippen LogP contribution in [0.3, 0.4) is 0 Å². The quantitative estimate of drug-likeness (QED) is 0.779. The molecule has 0 bridgehead atoms. The molecule has 0 saturated carbocycles. The third kappa shape index (κ3) is 4.43. The van der Waals surface area contributed by atoms with Crippen molar-refractivity contribution in [3.05, 3.63) is 18.2 Å². The molecule has 0 aliphatic carbocycles. The summed E-state index contributed by atoms with van der Waals surface area (Å²) in [6, 6.07) is 2.87. The number of carbonyl (C=O) groups excluding carboxylic acids is 1. The molecule has 1 atom stereocenters. The van der Waals surface area contributed by atoms with Crippen LogP contribution in [0.5, 0.6) is 0 Å². The average molecular weight is 335 g/mol. The van der Waals surface area contributed by atoms with E-state index in [1.165, 1.54) is 26.2 Å². The zero-order valence-corrected chi connectivity index (χ0v) is 13.7. The van der Waals surface area contributed by atoms with Crippen molar-refractivity contribution in [1.82, 2.24) is 0 Å². The topological polar surface area (TPSA) is 107 Å². The molecule has 0 saturated heterocycles. The molecule has 1 unspecified atom stereocenters. The van der Waals surface area contributed by atoms with Crippen LogP contribution in [0, 0.1) is 0 Å². The summed E-state index contributed by atoms with van der Waals surface area (Å²) in [7, 11) is -6.00. The van der Waals surface area contributed by atoms with E-state index < -0.39 is 31.7 Å². The van der Waals surface area contributed by atoms with Gasteiger partial charge < -0.3 is 10.1 Å². The SMILES string of the molecule is COC(=O)C(C)Nc1ccc(S(C)(=O)=O)cc1S(C)(=O)=O. The molecule has 118 valence electrons. The van der Waals surface area contributed by atoms with E-state index in [-0.39, 0.29) is 15.5 Å². The van der Waals surface area contributed by atoms with Gasteiger partial charge in [-0.05, 0) is 25.1 Å². The van der Waals surface area contributed by atoms with Gasteiger partial charge in [0.25, 0.3) is 0 Å². The molecule has 1 N–H and O–H groups in total. The van der Waals surface area contributed by atoms with Gasteiger partial charge in [-0.25, -0.2) is 21.6 Å². The first-order valence-corrected chi connectivity index (χ1v) is 9.63. The number of hydrogen-bond donors (Lipinski definition) is 1. The van der Waals surface area contributed by atoms with Crippen molar-refractivity contribution >= 4 is 31.3 Å². The third-order valence-corrected chi connectivity index (χ3v) is 4.95. The van der Waals surface area contributed by atoms with E-state index in [0.717, 1.165) is 18.6 Å². The highest BCUT2D eigenvalue weighted by molar-refractivity contribution is 7.91. The summed E-state index contributed by atoms with van der Waals surface area (Å²) < 4.78 is 51.2. The fourth-order valence-corrected chi connectivity index (χ4v) is 3.22. The molecule has 0 spiro atoms. The highest BCUT2D eigenvalue weighted by Gasteiger charge is 2.21. The Morgan fingerprint density at radius 3 is 2.14 bits per heavy atom. The van der Waals surface area contributed by atoms with Gasteiger partial charge in [0.2, 0.25) is 0 Å². The molecular formula is C12H17NO6S2. The van der Waals surface area contributed by atoms with Gasteiger partial charge in [-0.15, -0.1) is 0 Å². The molecule has 1 aromatic carbocycles. The van der Waals surface area contributed by atoms with E-state index in [9.17, 15) is 21.6 Å². The number of nitrogens with one attached hydrogen (secondary N) is 1. The second-order valence-electron chi connectivity index (χ2n) is 4.59. The minimum Gasteiger partial charge on any atom is -0.467 e. The van der Waals surface area contributed by atoms with Gasteiger partial charge in [-0.1, -0.05) is 0 Å². The lowest BCUT2D eigenvalue weighted by molar-refractivity contribution is -0.141. The number of methoxy groups -OCH3 is 1. The molecule has 7 nitrogen and oxygen atoms in total. The van der Waals surface area contributed by atoms with E-state index >= 15 is 0 Å². The standard InChI is InChI=1S/C12H17NO6S2/c1-8(12(14)19-2)13-10-6-5-9(20(3,15)16)7-11(10)21(4,17)18/h5-8,13H,1-4H3. The molecule has 0 aliphatic heterocycles. The van der Waals surface area contributed by atoms with Gasteiger partial charge in [0.15, 0.2) is 19.7 Å². The van der Waals surface area contributed by atoms with Crippen LogP contribution in [-0.2, 0) is 29.2 Å². The number of anilines is 1. The van der Waals surface area contributed by atoms with Crippen LogP contribution in [-0.4, -0.2) is 48.5 Å². The smallest absolute Gasteiger partial charge is 0.327 e. The van der Waals surface area contributed by atoms with Crippen LogP contribution in [0.4, 0.5) is 5.69 Å². The summed E-state index contributed by atoms with van der Waals surface area (Å²) in [5, 5.41) is 2.70. The Morgan fingerprint density at radius 2 is 1.71 bits per heavy atom. The van der Waals surface area contributed by atoms with Crippen LogP contribution in [0.1, 0.15) is 6.92 Å². The van der Waals surface area contributed by atoms with Gasteiger partial charge in [0, 0.05) is 12.5 Å². The molecular weight excluding hydrogens is 318 g/mol. The van der Waals surface area contributed by atoms with E-state index in [1.807, 2.05) is 0 Å². The van der Waals surface area contributed by atoms with Crippen LogP contribution < -0.4 is 5.32 Å². The second kappa shape index (κ2) is 6.02. The maximum absolute atomic E-state index is 11.8. The number of sulfone groups is 2. The predicted octanol–water partition coefficient (Wildman–Crippen LogP) is 0.467. The second-order valence-corrected chi connectivity index (χ2v) is 8.59. The van der Waals surface area contributed by atoms with E-state index in [0.29, 0.717) is 0 Å². The lowest BCUT2D eigenvalue weighted by Gasteiger charge is -2.16. The maximum atomic E-state index is 11.8. The van der Waals surface area contributed by atoms with Crippen LogP contribution in [0.2, 0.25) is 0 Å². The summed E-state index contributed by atoms with van der Waals surface area (Å²) in [5.41, 5.74) is 0.141.